The number of nitrogens with zero attached hydrogens (tertiary/aromatic N) is 2. The monoisotopic (exact) mass is 299 g/mol. The van der Waals surface area contributed by atoms with E-state index in [0.717, 1.165) is 45.7 Å². The van der Waals surface area contributed by atoms with Gasteiger partial charge in [-0.1, -0.05) is 6.92 Å². The molecule has 1 unspecified atom stereocenters. The lowest BCUT2D eigenvalue weighted by atomic mass is 10.2. The highest BCUT2D eigenvalue weighted by Gasteiger charge is 2.25. The van der Waals surface area contributed by atoms with Gasteiger partial charge in [0.1, 0.15) is 5.60 Å². The van der Waals surface area contributed by atoms with E-state index in [2.05, 4.69) is 24.1 Å². The minimum absolute atomic E-state index is 0.180. The summed E-state index contributed by atoms with van der Waals surface area (Å²) in [5, 5.41) is 3.51. The van der Waals surface area contributed by atoms with Gasteiger partial charge >= 0.3 is 6.09 Å². The molecule has 0 saturated carbocycles. The molecule has 1 rings (SSSR count). The summed E-state index contributed by atoms with van der Waals surface area (Å²) in [4.78, 5) is 16.2. The molecular formula is C16H33N3O2. The Labute approximate surface area is 130 Å². The molecule has 0 aromatic carbocycles. The second-order valence-corrected chi connectivity index (χ2v) is 6.93. The highest BCUT2D eigenvalue weighted by Crippen LogP contribution is 2.11. The van der Waals surface area contributed by atoms with Gasteiger partial charge in [-0.05, 0) is 53.6 Å². The lowest BCUT2D eigenvalue weighted by Gasteiger charge is -2.35. The Bertz CT molecular complexity index is 307. The van der Waals surface area contributed by atoms with Gasteiger partial charge in [0.15, 0.2) is 0 Å². The van der Waals surface area contributed by atoms with Crippen LogP contribution in [0.2, 0.25) is 0 Å². The number of nitrogens with one attached hydrogen (secondary N) is 1. The normalized spacial score (nSPS) is 18.6. The molecule has 1 N–H and O–H groups in total. The predicted molar refractivity (Wildman–Crippen MR) is 86.6 cm³/mol. The molecule has 1 aliphatic heterocycles. The van der Waals surface area contributed by atoms with E-state index in [1.807, 2.05) is 25.7 Å². The van der Waals surface area contributed by atoms with Crippen LogP contribution in [0.4, 0.5) is 4.79 Å². The van der Waals surface area contributed by atoms with Crippen LogP contribution in [0.1, 0.15) is 47.5 Å². The molecule has 1 heterocycles. The zero-order valence-corrected chi connectivity index (χ0v) is 14.4. The third-order valence-corrected chi connectivity index (χ3v) is 3.78. The number of rotatable bonds is 6. The molecule has 5 heteroatoms. The summed E-state index contributed by atoms with van der Waals surface area (Å²) < 4.78 is 5.41. The number of piperazine rings is 1. The molecule has 0 aromatic rings. The topological polar surface area (TPSA) is 44.8 Å². The van der Waals surface area contributed by atoms with Gasteiger partial charge in [0, 0.05) is 32.2 Å². The fourth-order valence-electron chi connectivity index (χ4n) is 2.28. The highest BCUT2D eigenvalue weighted by atomic mass is 16.6. The van der Waals surface area contributed by atoms with E-state index >= 15 is 0 Å². The fourth-order valence-corrected chi connectivity index (χ4v) is 2.28. The van der Waals surface area contributed by atoms with Crippen molar-refractivity contribution in [2.45, 2.75) is 59.1 Å². The Hall–Kier alpha value is -0.810. The standard InChI is InChI=1S/C16H33N3O2/c1-6-14(2)17-8-7-9-18-10-12-19(13-11-18)15(20)21-16(3,4)5/h14,17H,6-13H2,1-5H3. The molecule has 0 bridgehead atoms. The van der Waals surface area contributed by atoms with Gasteiger partial charge in [-0.2, -0.15) is 0 Å². The van der Waals surface area contributed by atoms with Crippen LogP contribution >= 0.6 is 0 Å². The third-order valence-electron chi connectivity index (χ3n) is 3.78. The molecule has 1 atom stereocenters. The summed E-state index contributed by atoms with van der Waals surface area (Å²) >= 11 is 0. The van der Waals surface area contributed by atoms with Crippen molar-refractivity contribution in [3.8, 4) is 0 Å². The number of hydrogen-bond acceptors (Lipinski definition) is 4. The Balaban J connectivity index is 2.16. The Kier molecular flexibility index (Phi) is 7.46. The number of hydrogen-bond donors (Lipinski definition) is 1. The van der Waals surface area contributed by atoms with Gasteiger partial charge in [-0.3, -0.25) is 4.90 Å². The molecule has 124 valence electrons. The molecule has 1 aliphatic rings. The highest BCUT2D eigenvalue weighted by molar-refractivity contribution is 5.68. The number of carbonyl (C=O) groups is 1. The van der Waals surface area contributed by atoms with E-state index in [9.17, 15) is 4.79 Å². The van der Waals surface area contributed by atoms with Crippen LogP contribution in [-0.2, 0) is 4.74 Å². The zero-order chi connectivity index (χ0) is 15.9. The Morgan fingerprint density at radius 1 is 1.24 bits per heavy atom. The average molecular weight is 299 g/mol. The second-order valence-electron chi connectivity index (χ2n) is 6.93. The quantitative estimate of drug-likeness (QED) is 0.765. The van der Waals surface area contributed by atoms with Crippen molar-refractivity contribution >= 4 is 6.09 Å². The number of carbonyl (C=O) groups excluding carboxylic acids is 1. The average Bonchev–Trinajstić information content (AvgIpc) is 2.42. The van der Waals surface area contributed by atoms with E-state index in [1.54, 1.807) is 0 Å². The largest absolute Gasteiger partial charge is 0.444 e. The number of ether oxygens (including phenoxy) is 1. The van der Waals surface area contributed by atoms with Crippen LogP contribution in [0.15, 0.2) is 0 Å². The molecule has 0 aromatic heterocycles. The minimum atomic E-state index is -0.407. The van der Waals surface area contributed by atoms with Crippen molar-refractivity contribution in [2.24, 2.45) is 0 Å². The summed E-state index contributed by atoms with van der Waals surface area (Å²) in [7, 11) is 0. The lowest BCUT2D eigenvalue weighted by Crippen LogP contribution is -2.50. The Morgan fingerprint density at radius 2 is 1.86 bits per heavy atom. The van der Waals surface area contributed by atoms with Crippen LogP contribution in [0.5, 0.6) is 0 Å². The van der Waals surface area contributed by atoms with Crippen molar-refractivity contribution in [3.05, 3.63) is 0 Å². The van der Waals surface area contributed by atoms with Crippen LogP contribution < -0.4 is 5.32 Å². The van der Waals surface area contributed by atoms with Crippen molar-refractivity contribution in [1.29, 1.82) is 0 Å². The predicted octanol–water partition coefficient (Wildman–Crippen LogP) is 2.32. The Morgan fingerprint density at radius 3 is 2.38 bits per heavy atom. The van der Waals surface area contributed by atoms with Crippen LogP contribution in [0, 0.1) is 0 Å². The van der Waals surface area contributed by atoms with E-state index < -0.39 is 5.60 Å². The first-order valence-electron chi connectivity index (χ1n) is 8.25. The van der Waals surface area contributed by atoms with Gasteiger partial charge in [0.05, 0.1) is 0 Å². The van der Waals surface area contributed by atoms with Gasteiger partial charge < -0.3 is 15.0 Å². The second kappa shape index (κ2) is 8.59. The van der Waals surface area contributed by atoms with E-state index in [4.69, 9.17) is 4.74 Å². The van der Waals surface area contributed by atoms with Gasteiger partial charge in [-0.15, -0.1) is 0 Å². The van der Waals surface area contributed by atoms with Gasteiger partial charge in [0.25, 0.3) is 0 Å². The van der Waals surface area contributed by atoms with Crippen molar-refractivity contribution in [1.82, 2.24) is 15.1 Å². The zero-order valence-electron chi connectivity index (χ0n) is 14.4. The minimum Gasteiger partial charge on any atom is -0.444 e. The molecule has 1 fully saturated rings. The van der Waals surface area contributed by atoms with Gasteiger partial charge in [0.2, 0.25) is 0 Å². The van der Waals surface area contributed by atoms with Crippen LogP contribution in [0.3, 0.4) is 0 Å². The number of amides is 1. The summed E-state index contributed by atoms with van der Waals surface area (Å²) in [5.74, 6) is 0. The lowest BCUT2D eigenvalue weighted by molar-refractivity contribution is 0.0144. The fraction of sp³-hybridized carbons (Fsp3) is 0.938. The SMILES string of the molecule is CCC(C)NCCCN1CCN(C(=O)OC(C)(C)C)CC1. The van der Waals surface area contributed by atoms with E-state index in [0.29, 0.717) is 6.04 Å². The van der Waals surface area contributed by atoms with E-state index in [-0.39, 0.29) is 6.09 Å². The summed E-state index contributed by atoms with van der Waals surface area (Å²) in [6, 6.07) is 0.606. The summed E-state index contributed by atoms with van der Waals surface area (Å²) in [6.07, 6.45) is 2.16. The van der Waals surface area contributed by atoms with Crippen molar-refractivity contribution < 1.29 is 9.53 Å². The third kappa shape index (κ3) is 7.67. The summed E-state index contributed by atoms with van der Waals surface area (Å²) in [6.45, 7) is 15.8. The molecule has 1 saturated heterocycles. The van der Waals surface area contributed by atoms with E-state index in [1.165, 1.54) is 6.42 Å². The van der Waals surface area contributed by atoms with Crippen LogP contribution in [0.25, 0.3) is 0 Å². The molecule has 0 radical (unpaired) electrons. The summed E-state index contributed by atoms with van der Waals surface area (Å²) in [5.41, 5.74) is -0.407. The van der Waals surface area contributed by atoms with Crippen molar-refractivity contribution in [3.63, 3.8) is 0 Å². The first-order valence-corrected chi connectivity index (χ1v) is 8.25. The first kappa shape index (κ1) is 18.2. The van der Waals surface area contributed by atoms with Crippen molar-refractivity contribution in [2.75, 3.05) is 39.3 Å². The maximum Gasteiger partial charge on any atom is 0.410 e. The van der Waals surface area contributed by atoms with Gasteiger partial charge in [-0.25, -0.2) is 4.79 Å². The maximum atomic E-state index is 12.0. The molecule has 1 amide bonds. The molecule has 0 aliphatic carbocycles. The molecule has 0 spiro atoms. The molecule has 21 heavy (non-hydrogen) atoms. The maximum absolute atomic E-state index is 12.0. The smallest absolute Gasteiger partial charge is 0.410 e. The van der Waals surface area contributed by atoms with Crippen LogP contribution in [-0.4, -0.2) is 66.8 Å². The molecule has 5 nitrogen and oxygen atoms in total. The first-order chi connectivity index (χ1) is 9.81. The molecular weight excluding hydrogens is 266 g/mol.